The zero-order chi connectivity index (χ0) is 15.9. The van der Waals surface area contributed by atoms with Gasteiger partial charge in [0.05, 0.1) is 22.2 Å². The average molecular weight is 335 g/mol. The lowest BCUT2D eigenvalue weighted by molar-refractivity contribution is -0.140. The summed E-state index contributed by atoms with van der Waals surface area (Å²) in [5.41, 5.74) is 0.776. The van der Waals surface area contributed by atoms with Crippen LogP contribution in [0.25, 0.3) is 0 Å². The van der Waals surface area contributed by atoms with Crippen LogP contribution in [0.3, 0.4) is 0 Å². The molecule has 1 aromatic heterocycles. The summed E-state index contributed by atoms with van der Waals surface area (Å²) in [5, 5.41) is 6.52. The maximum atomic E-state index is 13.0. The van der Waals surface area contributed by atoms with Crippen molar-refractivity contribution in [2.75, 3.05) is 19.7 Å². The number of carbonyl (C=O) groups is 1. The lowest BCUT2D eigenvalue weighted by atomic mass is 9.75. The summed E-state index contributed by atoms with van der Waals surface area (Å²) >= 11 is 1.70. The van der Waals surface area contributed by atoms with Crippen molar-refractivity contribution >= 4 is 17.2 Å². The van der Waals surface area contributed by atoms with Crippen molar-refractivity contribution in [3.63, 3.8) is 0 Å². The number of thiazole rings is 1. The van der Waals surface area contributed by atoms with Crippen LogP contribution >= 0.6 is 11.3 Å². The Morgan fingerprint density at radius 2 is 2.39 bits per heavy atom. The molecule has 0 aromatic carbocycles. The fourth-order valence-corrected chi connectivity index (χ4v) is 4.68. The molecule has 0 bridgehead atoms. The first-order valence-electron chi connectivity index (χ1n) is 8.72. The van der Waals surface area contributed by atoms with E-state index in [2.05, 4.69) is 20.6 Å². The van der Waals surface area contributed by atoms with Crippen molar-refractivity contribution in [1.29, 1.82) is 0 Å². The molecule has 1 aliphatic carbocycles. The number of ether oxygens (including phenoxy) is 1. The van der Waals surface area contributed by atoms with Crippen LogP contribution in [0.2, 0.25) is 0 Å². The molecule has 3 fully saturated rings. The van der Waals surface area contributed by atoms with Crippen LogP contribution in [0.4, 0.5) is 0 Å². The van der Waals surface area contributed by atoms with Gasteiger partial charge >= 0.3 is 0 Å². The minimum absolute atomic E-state index is 0.0935. The van der Waals surface area contributed by atoms with Gasteiger partial charge in [-0.25, -0.2) is 4.98 Å². The molecule has 1 N–H and O–H groups in total. The highest BCUT2D eigenvalue weighted by Gasteiger charge is 2.53. The SMILES string of the molecule is Cc1nc(CN2CC[C@H]3OCC[C@@]3(C(=O)NC3CCC3)C2)cs1. The number of fused-ring (bicyclic) bond motifs is 1. The van der Waals surface area contributed by atoms with Gasteiger partial charge in [-0.15, -0.1) is 11.3 Å². The highest BCUT2D eigenvalue weighted by molar-refractivity contribution is 7.09. The van der Waals surface area contributed by atoms with Crippen LogP contribution in [0, 0.1) is 12.3 Å². The van der Waals surface area contributed by atoms with E-state index in [1.807, 2.05) is 6.92 Å². The number of piperidine rings is 1. The normalized spacial score (nSPS) is 31.6. The average Bonchev–Trinajstić information content (AvgIpc) is 3.09. The number of aryl methyl sites for hydroxylation is 1. The van der Waals surface area contributed by atoms with Gasteiger partial charge in [0.25, 0.3) is 0 Å². The number of aromatic nitrogens is 1. The Balaban J connectivity index is 1.47. The molecule has 3 heterocycles. The zero-order valence-corrected chi connectivity index (χ0v) is 14.5. The van der Waals surface area contributed by atoms with Crippen LogP contribution < -0.4 is 5.32 Å². The summed E-state index contributed by atoms with van der Waals surface area (Å²) in [6, 6.07) is 0.398. The third kappa shape index (κ3) is 2.92. The maximum Gasteiger partial charge on any atom is 0.230 e. The summed E-state index contributed by atoms with van der Waals surface area (Å²) in [6.07, 6.45) is 5.40. The lowest BCUT2D eigenvalue weighted by Gasteiger charge is -2.43. The first kappa shape index (κ1) is 15.5. The van der Waals surface area contributed by atoms with Crippen molar-refractivity contribution < 1.29 is 9.53 Å². The summed E-state index contributed by atoms with van der Waals surface area (Å²) in [5.74, 6) is 0.226. The van der Waals surface area contributed by atoms with Crippen LogP contribution in [0.15, 0.2) is 5.38 Å². The van der Waals surface area contributed by atoms with Gasteiger partial charge in [0.1, 0.15) is 0 Å². The van der Waals surface area contributed by atoms with Crippen LogP contribution in [-0.4, -0.2) is 47.6 Å². The highest BCUT2D eigenvalue weighted by Crippen LogP contribution is 2.42. The molecule has 5 nitrogen and oxygen atoms in total. The summed E-state index contributed by atoms with van der Waals surface area (Å²) in [6.45, 7) is 5.38. The van der Waals surface area contributed by atoms with Gasteiger partial charge in [0.2, 0.25) is 5.91 Å². The fraction of sp³-hybridized carbons (Fsp3) is 0.765. The molecule has 2 saturated heterocycles. The number of nitrogens with one attached hydrogen (secondary N) is 1. The van der Waals surface area contributed by atoms with Crippen LogP contribution in [0.5, 0.6) is 0 Å². The molecular weight excluding hydrogens is 310 g/mol. The molecule has 3 aliphatic rings. The topological polar surface area (TPSA) is 54.5 Å². The van der Waals surface area contributed by atoms with E-state index in [1.54, 1.807) is 11.3 Å². The van der Waals surface area contributed by atoms with E-state index < -0.39 is 0 Å². The molecule has 0 unspecified atom stereocenters. The predicted octanol–water partition coefficient (Wildman–Crippen LogP) is 2.10. The fourth-order valence-electron chi connectivity index (χ4n) is 4.08. The number of rotatable bonds is 4. The Morgan fingerprint density at radius 3 is 3.09 bits per heavy atom. The smallest absolute Gasteiger partial charge is 0.230 e. The Morgan fingerprint density at radius 1 is 1.52 bits per heavy atom. The molecule has 126 valence electrons. The number of nitrogens with zero attached hydrogens (tertiary/aromatic N) is 2. The molecule has 0 radical (unpaired) electrons. The number of carbonyl (C=O) groups excluding carboxylic acids is 1. The predicted molar refractivity (Wildman–Crippen MR) is 89.3 cm³/mol. The van der Waals surface area contributed by atoms with Crippen molar-refractivity contribution in [3.8, 4) is 0 Å². The van der Waals surface area contributed by atoms with Gasteiger partial charge in [0, 0.05) is 37.7 Å². The lowest BCUT2D eigenvalue weighted by Crippen LogP contribution is -2.58. The Kier molecular flexibility index (Phi) is 4.15. The third-order valence-electron chi connectivity index (χ3n) is 5.64. The van der Waals surface area contributed by atoms with E-state index in [9.17, 15) is 4.79 Å². The third-order valence-corrected chi connectivity index (χ3v) is 6.46. The molecule has 1 amide bonds. The molecule has 4 rings (SSSR count). The van der Waals surface area contributed by atoms with E-state index in [-0.39, 0.29) is 17.4 Å². The minimum Gasteiger partial charge on any atom is -0.377 e. The maximum absolute atomic E-state index is 13.0. The summed E-state index contributed by atoms with van der Waals surface area (Å²) in [4.78, 5) is 19.9. The number of likely N-dealkylation sites (tertiary alicyclic amines) is 1. The molecule has 0 spiro atoms. The molecule has 1 saturated carbocycles. The monoisotopic (exact) mass is 335 g/mol. The second-order valence-corrected chi connectivity index (χ2v) is 8.29. The Labute approximate surface area is 141 Å². The molecule has 23 heavy (non-hydrogen) atoms. The van der Waals surface area contributed by atoms with Gasteiger partial charge in [-0.05, 0) is 39.0 Å². The van der Waals surface area contributed by atoms with E-state index in [0.29, 0.717) is 12.6 Å². The molecule has 6 heteroatoms. The highest BCUT2D eigenvalue weighted by atomic mass is 32.1. The largest absolute Gasteiger partial charge is 0.377 e. The first-order valence-corrected chi connectivity index (χ1v) is 9.60. The van der Waals surface area contributed by atoms with Crippen molar-refractivity contribution in [2.45, 2.75) is 57.7 Å². The minimum atomic E-state index is -0.348. The molecule has 1 aromatic rings. The van der Waals surface area contributed by atoms with Crippen molar-refractivity contribution in [3.05, 3.63) is 16.1 Å². The summed E-state index contributed by atoms with van der Waals surface area (Å²) < 4.78 is 5.92. The second-order valence-electron chi connectivity index (χ2n) is 7.22. The Hall–Kier alpha value is -0.980. The van der Waals surface area contributed by atoms with Crippen LogP contribution in [-0.2, 0) is 16.1 Å². The van der Waals surface area contributed by atoms with Crippen molar-refractivity contribution in [2.24, 2.45) is 5.41 Å². The number of hydrogen-bond donors (Lipinski definition) is 1. The van der Waals surface area contributed by atoms with Gasteiger partial charge in [-0.2, -0.15) is 0 Å². The van der Waals surface area contributed by atoms with Gasteiger partial charge < -0.3 is 10.1 Å². The van der Waals surface area contributed by atoms with Gasteiger partial charge in [-0.3, -0.25) is 9.69 Å². The quantitative estimate of drug-likeness (QED) is 0.915. The second kappa shape index (κ2) is 6.15. The van der Waals surface area contributed by atoms with E-state index in [4.69, 9.17) is 4.74 Å². The van der Waals surface area contributed by atoms with Gasteiger partial charge in [-0.1, -0.05) is 0 Å². The van der Waals surface area contributed by atoms with E-state index >= 15 is 0 Å². The number of hydrogen-bond acceptors (Lipinski definition) is 5. The number of amides is 1. The molecule has 2 atom stereocenters. The van der Waals surface area contributed by atoms with Gasteiger partial charge in [0.15, 0.2) is 0 Å². The molecule has 2 aliphatic heterocycles. The summed E-state index contributed by atoms with van der Waals surface area (Å²) in [7, 11) is 0. The molecular formula is C17H25N3O2S. The van der Waals surface area contributed by atoms with E-state index in [1.165, 1.54) is 6.42 Å². The zero-order valence-electron chi connectivity index (χ0n) is 13.7. The van der Waals surface area contributed by atoms with Crippen molar-refractivity contribution in [1.82, 2.24) is 15.2 Å². The Bertz CT molecular complexity index is 586. The van der Waals surface area contributed by atoms with E-state index in [0.717, 1.165) is 56.0 Å². The van der Waals surface area contributed by atoms with Crippen LogP contribution in [0.1, 0.15) is 42.8 Å². The standard InChI is InChI=1S/C17H25N3O2S/c1-12-18-14(10-23-12)9-20-7-5-15-17(11-20,6-8-22-15)16(21)19-13-3-2-4-13/h10,13,15H,2-9,11H2,1H3,(H,19,21)/t15-,17-/m1/s1. The first-order chi connectivity index (χ1) is 11.2.